The van der Waals surface area contributed by atoms with Crippen LogP contribution in [0.1, 0.15) is 45.9 Å². The molecule has 162 valence electrons. The van der Waals surface area contributed by atoms with E-state index in [0.29, 0.717) is 23.2 Å². The number of carbonyl (C=O) groups excluding carboxylic acids is 1. The smallest absolute Gasteiger partial charge is 0.411 e. The van der Waals surface area contributed by atoms with Crippen molar-refractivity contribution in [2.24, 2.45) is 0 Å². The van der Waals surface area contributed by atoms with Crippen molar-refractivity contribution >= 4 is 23.5 Å². The Bertz CT molecular complexity index is 891. The Hall–Kier alpha value is -2.61. The molecule has 0 bridgehead atoms. The van der Waals surface area contributed by atoms with Gasteiger partial charge in [0.2, 0.25) is 0 Å². The molecule has 0 saturated carbocycles. The summed E-state index contributed by atoms with van der Waals surface area (Å²) in [5.74, 6) is 0.464. The Morgan fingerprint density at radius 3 is 2.87 bits per heavy atom. The molecule has 1 aromatic heterocycles. The van der Waals surface area contributed by atoms with Gasteiger partial charge in [-0.2, -0.15) is 0 Å². The summed E-state index contributed by atoms with van der Waals surface area (Å²) in [5, 5.41) is 3.58. The first-order valence-electron chi connectivity index (χ1n) is 9.87. The number of anilines is 1. The zero-order chi connectivity index (χ0) is 21.7. The van der Waals surface area contributed by atoms with Gasteiger partial charge in [-0.3, -0.25) is 4.90 Å². The number of likely N-dealkylation sites (tertiary alicyclic amines) is 1. The second-order valence-electron chi connectivity index (χ2n) is 8.05. The van der Waals surface area contributed by atoms with Gasteiger partial charge >= 0.3 is 6.09 Å². The summed E-state index contributed by atoms with van der Waals surface area (Å²) in [6.45, 7) is 6.14. The SMILES string of the molecule is CC(C)(C)OC(=O)N1CCCCC1Nc1ccnc(COc2ccc(Cl)cc2F)n1. The van der Waals surface area contributed by atoms with Gasteiger partial charge in [-0.25, -0.2) is 19.2 Å². The molecule has 1 fully saturated rings. The molecule has 2 aromatic rings. The molecular weight excluding hydrogens is 411 g/mol. The Morgan fingerprint density at radius 1 is 1.33 bits per heavy atom. The normalized spacial score (nSPS) is 16.8. The van der Waals surface area contributed by atoms with Gasteiger partial charge in [0, 0.05) is 17.8 Å². The van der Waals surface area contributed by atoms with E-state index < -0.39 is 11.4 Å². The number of benzene rings is 1. The molecule has 1 aliphatic rings. The summed E-state index contributed by atoms with van der Waals surface area (Å²) >= 11 is 5.75. The van der Waals surface area contributed by atoms with Crippen LogP contribution in [-0.4, -0.2) is 39.3 Å². The minimum Gasteiger partial charge on any atom is -0.483 e. The molecule has 1 aromatic carbocycles. The number of carbonyl (C=O) groups is 1. The van der Waals surface area contributed by atoms with Crippen LogP contribution in [0.2, 0.25) is 5.02 Å². The van der Waals surface area contributed by atoms with Gasteiger partial charge in [0.05, 0.1) is 0 Å². The number of hydrogen-bond acceptors (Lipinski definition) is 6. The van der Waals surface area contributed by atoms with Gasteiger partial charge < -0.3 is 14.8 Å². The minimum atomic E-state index is -0.560. The number of nitrogens with one attached hydrogen (secondary N) is 1. The number of amides is 1. The lowest BCUT2D eigenvalue weighted by molar-refractivity contribution is 0.0130. The first-order valence-corrected chi connectivity index (χ1v) is 10.2. The summed E-state index contributed by atoms with van der Waals surface area (Å²) in [4.78, 5) is 22.8. The number of nitrogens with zero attached hydrogens (tertiary/aromatic N) is 3. The topological polar surface area (TPSA) is 76.6 Å². The lowest BCUT2D eigenvalue weighted by Crippen LogP contribution is -2.49. The molecule has 1 amide bonds. The predicted molar refractivity (Wildman–Crippen MR) is 112 cm³/mol. The van der Waals surface area contributed by atoms with E-state index in [-0.39, 0.29) is 24.6 Å². The number of hydrogen-bond donors (Lipinski definition) is 1. The van der Waals surface area contributed by atoms with Crippen molar-refractivity contribution < 1.29 is 18.7 Å². The van der Waals surface area contributed by atoms with Crippen LogP contribution in [0.25, 0.3) is 0 Å². The van der Waals surface area contributed by atoms with Crippen LogP contribution in [0.4, 0.5) is 15.0 Å². The Kier molecular flexibility index (Phi) is 6.97. The van der Waals surface area contributed by atoms with Crippen molar-refractivity contribution in [3.05, 3.63) is 47.1 Å². The second kappa shape index (κ2) is 9.47. The summed E-state index contributed by atoms with van der Waals surface area (Å²) in [6, 6.07) is 5.91. The molecule has 2 heterocycles. The molecule has 3 rings (SSSR count). The molecule has 0 radical (unpaired) electrons. The van der Waals surface area contributed by atoms with Crippen LogP contribution in [0.15, 0.2) is 30.5 Å². The lowest BCUT2D eigenvalue weighted by atomic mass is 10.1. The number of ether oxygens (including phenoxy) is 2. The molecule has 0 aliphatic carbocycles. The van der Waals surface area contributed by atoms with Crippen molar-refractivity contribution in [2.75, 3.05) is 11.9 Å². The highest BCUT2D eigenvalue weighted by atomic mass is 35.5. The highest BCUT2D eigenvalue weighted by molar-refractivity contribution is 6.30. The van der Waals surface area contributed by atoms with Gasteiger partial charge in [0.25, 0.3) is 0 Å². The quantitative estimate of drug-likeness (QED) is 0.710. The van der Waals surface area contributed by atoms with Crippen molar-refractivity contribution in [1.29, 1.82) is 0 Å². The lowest BCUT2D eigenvalue weighted by Gasteiger charge is -2.37. The Labute approximate surface area is 180 Å². The Morgan fingerprint density at radius 2 is 2.13 bits per heavy atom. The van der Waals surface area contributed by atoms with Crippen LogP contribution < -0.4 is 10.1 Å². The van der Waals surface area contributed by atoms with E-state index in [1.54, 1.807) is 23.2 Å². The first kappa shape index (κ1) is 22.1. The van der Waals surface area contributed by atoms with E-state index in [2.05, 4.69) is 15.3 Å². The van der Waals surface area contributed by atoms with E-state index in [4.69, 9.17) is 21.1 Å². The van der Waals surface area contributed by atoms with Gasteiger partial charge in [-0.1, -0.05) is 11.6 Å². The van der Waals surface area contributed by atoms with Gasteiger partial charge in [-0.15, -0.1) is 0 Å². The zero-order valence-electron chi connectivity index (χ0n) is 17.3. The van der Waals surface area contributed by atoms with E-state index in [9.17, 15) is 9.18 Å². The molecule has 1 unspecified atom stereocenters. The van der Waals surface area contributed by atoms with Crippen LogP contribution in [0, 0.1) is 5.82 Å². The van der Waals surface area contributed by atoms with E-state index in [1.165, 1.54) is 12.1 Å². The van der Waals surface area contributed by atoms with Crippen molar-refractivity contribution in [3.63, 3.8) is 0 Å². The molecule has 30 heavy (non-hydrogen) atoms. The average molecular weight is 437 g/mol. The van der Waals surface area contributed by atoms with Crippen LogP contribution in [0.5, 0.6) is 5.75 Å². The van der Waals surface area contributed by atoms with Crippen molar-refractivity contribution in [3.8, 4) is 5.75 Å². The summed E-state index contributed by atoms with van der Waals surface area (Å²) < 4.78 is 24.9. The average Bonchev–Trinajstić information content (AvgIpc) is 2.67. The third-order valence-electron chi connectivity index (χ3n) is 4.40. The number of rotatable bonds is 5. The summed E-state index contributed by atoms with van der Waals surface area (Å²) in [5.41, 5.74) is -0.560. The van der Waals surface area contributed by atoms with Crippen LogP contribution in [-0.2, 0) is 11.3 Å². The fraction of sp³-hybridized carbons (Fsp3) is 0.476. The number of aromatic nitrogens is 2. The maximum absolute atomic E-state index is 13.9. The monoisotopic (exact) mass is 436 g/mol. The first-order chi connectivity index (χ1) is 14.2. The fourth-order valence-corrected chi connectivity index (χ4v) is 3.23. The molecule has 1 saturated heterocycles. The van der Waals surface area contributed by atoms with Gasteiger partial charge in [0.15, 0.2) is 17.4 Å². The molecule has 7 nitrogen and oxygen atoms in total. The minimum absolute atomic E-state index is 0.00544. The molecular formula is C21H26ClFN4O3. The molecule has 0 spiro atoms. The summed E-state index contributed by atoms with van der Waals surface area (Å²) in [7, 11) is 0. The number of piperidine rings is 1. The molecule has 9 heteroatoms. The third kappa shape index (κ3) is 6.19. The number of halogens is 2. The molecule has 1 aliphatic heterocycles. The highest BCUT2D eigenvalue weighted by Gasteiger charge is 2.30. The fourth-order valence-electron chi connectivity index (χ4n) is 3.07. The predicted octanol–water partition coefficient (Wildman–Crippen LogP) is 5.01. The van der Waals surface area contributed by atoms with Gasteiger partial charge in [0.1, 0.15) is 24.2 Å². The highest BCUT2D eigenvalue weighted by Crippen LogP contribution is 2.23. The van der Waals surface area contributed by atoms with E-state index in [1.807, 2.05) is 20.8 Å². The molecule has 1 atom stereocenters. The van der Waals surface area contributed by atoms with Crippen molar-refractivity contribution in [1.82, 2.24) is 14.9 Å². The molecule has 1 N–H and O–H groups in total. The Balaban J connectivity index is 1.65. The second-order valence-corrected chi connectivity index (χ2v) is 8.49. The van der Waals surface area contributed by atoms with Crippen molar-refractivity contribution in [2.45, 2.75) is 58.4 Å². The third-order valence-corrected chi connectivity index (χ3v) is 4.64. The maximum Gasteiger partial charge on any atom is 0.411 e. The van der Waals surface area contributed by atoms with Gasteiger partial charge in [-0.05, 0) is 64.3 Å². The standard InChI is InChI=1S/C21H26ClFN4O3/c1-21(2,3)30-20(28)27-11-5-4-6-19(27)26-17-9-10-24-18(25-17)13-29-16-8-7-14(22)12-15(16)23/h7-10,12,19H,4-6,11,13H2,1-3H3,(H,24,25,26). The van der Waals surface area contributed by atoms with Crippen LogP contribution in [0.3, 0.4) is 0 Å². The maximum atomic E-state index is 13.9. The largest absolute Gasteiger partial charge is 0.483 e. The summed E-state index contributed by atoms with van der Waals surface area (Å²) in [6.07, 6.45) is 3.71. The van der Waals surface area contributed by atoms with E-state index >= 15 is 0 Å². The van der Waals surface area contributed by atoms with E-state index in [0.717, 1.165) is 19.3 Å². The van der Waals surface area contributed by atoms with Crippen LogP contribution >= 0.6 is 11.6 Å². The zero-order valence-corrected chi connectivity index (χ0v) is 18.1.